The molecular formula is C17H22N2OS. The third-order valence-electron chi connectivity index (χ3n) is 3.58. The quantitative estimate of drug-likeness (QED) is 0.859. The molecule has 1 amide bonds. The van der Waals surface area contributed by atoms with Crippen molar-refractivity contribution in [2.45, 2.75) is 26.3 Å². The molecule has 2 aromatic rings. The molecule has 0 saturated carbocycles. The average molecular weight is 302 g/mol. The molecule has 0 saturated heterocycles. The van der Waals surface area contributed by atoms with E-state index in [1.54, 1.807) is 18.4 Å². The Balaban J connectivity index is 1.89. The van der Waals surface area contributed by atoms with Gasteiger partial charge in [-0.1, -0.05) is 12.1 Å². The van der Waals surface area contributed by atoms with Gasteiger partial charge in [0.05, 0.1) is 0 Å². The standard InChI is InChI=1S/C17H22N2OS/c1-12-8-10-21-16(12)13(2)19-9-7-14-5-4-6-15(11-14)17(20)18-3/h4-6,8,10-11,13,19H,7,9H2,1-3H3,(H,18,20). The van der Waals surface area contributed by atoms with Gasteiger partial charge in [-0.15, -0.1) is 11.3 Å². The maximum atomic E-state index is 11.6. The van der Waals surface area contributed by atoms with Crippen LogP contribution in [0.2, 0.25) is 0 Å². The van der Waals surface area contributed by atoms with Gasteiger partial charge in [-0.2, -0.15) is 0 Å². The van der Waals surface area contributed by atoms with Crippen LogP contribution in [0.5, 0.6) is 0 Å². The summed E-state index contributed by atoms with van der Waals surface area (Å²) >= 11 is 1.80. The fraction of sp³-hybridized carbons (Fsp3) is 0.353. The van der Waals surface area contributed by atoms with Crippen molar-refractivity contribution in [1.82, 2.24) is 10.6 Å². The lowest BCUT2D eigenvalue weighted by Gasteiger charge is -2.13. The topological polar surface area (TPSA) is 41.1 Å². The third-order valence-corrected chi connectivity index (χ3v) is 4.78. The lowest BCUT2D eigenvalue weighted by atomic mass is 10.1. The van der Waals surface area contributed by atoms with Crippen LogP contribution >= 0.6 is 11.3 Å². The van der Waals surface area contributed by atoms with Crippen LogP contribution in [0, 0.1) is 6.92 Å². The summed E-state index contributed by atoms with van der Waals surface area (Å²) in [6, 6.07) is 10.3. The van der Waals surface area contributed by atoms with Crippen molar-refractivity contribution in [3.05, 3.63) is 57.3 Å². The van der Waals surface area contributed by atoms with E-state index in [1.165, 1.54) is 16.0 Å². The predicted molar refractivity (Wildman–Crippen MR) is 89.0 cm³/mol. The highest BCUT2D eigenvalue weighted by Crippen LogP contribution is 2.23. The van der Waals surface area contributed by atoms with Gasteiger partial charge in [-0.25, -0.2) is 0 Å². The summed E-state index contributed by atoms with van der Waals surface area (Å²) in [5.41, 5.74) is 3.25. The second kappa shape index (κ2) is 7.38. The van der Waals surface area contributed by atoms with E-state index in [-0.39, 0.29) is 5.91 Å². The van der Waals surface area contributed by atoms with Crippen molar-refractivity contribution >= 4 is 17.2 Å². The summed E-state index contributed by atoms with van der Waals surface area (Å²) in [7, 11) is 1.65. The Hall–Kier alpha value is -1.65. The van der Waals surface area contributed by atoms with Gasteiger partial charge < -0.3 is 10.6 Å². The van der Waals surface area contributed by atoms with Gasteiger partial charge in [-0.05, 0) is 61.5 Å². The molecule has 0 aliphatic heterocycles. The van der Waals surface area contributed by atoms with Crippen LogP contribution in [-0.2, 0) is 6.42 Å². The zero-order valence-corrected chi connectivity index (χ0v) is 13.6. The van der Waals surface area contributed by atoms with Crippen LogP contribution in [0.4, 0.5) is 0 Å². The van der Waals surface area contributed by atoms with Crippen LogP contribution in [0.25, 0.3) is 0 Å². The fourth-order valence-corrected chi connectivity index (χ4v) is 3.33. The van der Waals surface area contributed by atoms with E-state index in [9.17, 15) is 4.79 Å². The molecule has 2 rings (SSSR count). The molecule has 2 N–H and O–H groups in total. The van der Waals surface area contributed by atoms with Gasteiger partial charge in [0.1, 0.15) is 0 Å². The highest BCUT2D eigenvalue weighted by atomic mass is 32.1. The highest BCUT2D eigenvalue weighted by molar-refractivity contribution is 7.10. The minimum absolute atomic E-state index is 0.0348. The number of carbonyl (C=O) groups is 1. The number of aryl methyl sites for hydroxylation is 1. The zero-order chi connectivity index (χ0) is 15.2. The van der Waals surface area contributed by atoms with Crippen molar-refractivity contribution in [3.8, 4) is 0 Å². The minimum atomic E-state index is -0.0348. The Morgan fingerprint density at radius 3 is 2.81 bits per heavy atom. The van der Waals surface area contributed by atoms with E-state index in [0.29, 0.717) is 6.04 Å². The molecule has 0 radical (unpaired) electrons. The normalized spacial score (nSPS) is 12.1. The first kappa shape index (κ1) is 15.7. The number of hydrogen-bond acceptors (Lipinski definition) is 3. The average Bonchev–Trinajstić information content (AvgIpc) is 2.93. The van der Waals surface area contributed by atoms with Crippen LogP contribution in [0.3, 0.4) is 0 Å². The number of hydrogen-bond donors (Lipinski definition) is 2. The van der Waals surface area contributed by atoms with Crippen LogP contribution in [0.1, 0.15) is 39.3 Å². The Morgan fingerprint density at radius 1 is 1.33 bits per heavy atom. The van der Waals surface area contributed by atoms with Gasteiger partial charge in [-0.3, -0.25) is 4.79 Å². The maximum absolute atomic E-state index is 11.6. The maximum Gasteiger partial charge on any atom is 0.251 e. The molecule has 0 aliphatic rings. The Bertz CT molecular complexity index is 606. The third kappa shape index (κ3) is 4.16. The molecule has 1 heterocycles. The van der Waals surface area contributed by atoms with Gasteiger partial charge in [0.15, 0.2) is 0 Å². The number of thiophene rings is 1. The predicted octanol–water partition coefficient (Wildman–Crippen LogP) is 3.31. The van der Waals surface area contributed by atoms with E-state index in [1.807, 2.05) is 18.2 Å². The first-order valence-corrected chi connectivity index (χ1v) is 8.08. The molecule has 0 aliphatic carbocycles. The van der Waals surface area contributed by atoms with Gasteiger partial charge in [0, 0.05) is 23.5 Å². The molecule has 1 atom stereocenters. The van der Waals surface area contributed by atoms with Crippen molar-refractivity contribution in [2.24, 2.45) is 0 Å². The smallest absolute Gasteiger partial charge is 0.251 e. The molecule has 4 heteroatoms. The monoisotopic (exact) mass is 302 g/mol. The van der Waals surface area contributed by atoms with Crippen LogP contribution < -0.4 is 10.6 Å². The Morgan fingerprint density at radius 2 is 2.14 bits per heavy atom. The molecule has 112 valence electrons. The molecule has 1 aromatic heterocycles. The molecule has 1 aromatic carbocycles. The number of amides is 1. The second-order valence-corrected chi connectivity index (χ2v) is 6.12. The van der Waals surface area contributed by atoms with Crippen molar-refractivity contribution < 1.29 is 4.79 Å². The summed E-state index contributed by atoms with van der Waals surface area (Å²) in [5, 5.41) is 8.34. The number of carbonyl (C=O) groups excluding carboxylic acids is 1. The Labute approximate surface area is 130 Å². The number of benzene rings is 1. The molecular weight excluding hydrogens is 280 g/mol. The summed E-state index contributed by atoms with van der Waals surface area (Å²) in [6.45, 7) is 5.24. The first-order chi connectivity index (χ1) is 10.1. The van der Waals surface area contributed by atoms with E-state index in [4.69, 9.17) is 0 Å². The molecule has 3 nitrogen and oxygen atoms in total. The Kier molecular flexibility index (Phi) is 5.53. The molecule has 0 fully saturated rings. The largest absolute Gasteiger partial charge is 0.355 e. The van der Waals surface area contributed by atoms with Crippen molar-refractivity contribution in [2.75, 3.05) is 13.6 Å². The summed E-state index contributed by atoms with van der Waals surface area (Å²) in [6.07, 6.45) is 0.916. The molecule has 21 heavy (non-hydrogen) atoms. The number of nitrogens with one attached hydrogen (secondary N) is 2. The van der Waals surface area contributed by atoms with Crippen LogP contribution in [-0.4, -0.2) is 19.5 Å². The SMILES string of the molecule is CNC(=O)c1cccc(CCNC(C)c2sccc2C)c1. The summed E-state index contributed by atoms with van der Waals surface area (Å²) in [4.78, 5) is 13.0. The van der Waals surface area contributed by atoms with E-state index >= 15 is 0 Å². The van der Waals surface area contributed by atoms with E-state index in [2.05, 4.69) is 42.0 Å². The molecule has 1 unspecified atom stereocenters. The van der Waals surface area contributed by atoms with E-state index < -0.39 is 0 Å². The second-order valence-electron chi connectivity index (χ2n) is 5.17. The van der Waals surface area contributed by atoms with E-state index in [0.717, 1.165) is 18.5 Å². The lowest BCUT2D eigenvalue weighted by Crippen LogP contribution is -2.21. The highest BCUT2D eigenvalue weighted by Gasteiger charge is 2.09. The zero-order valence-electron chi connectivity index (χ0n) is 12.8. The lowest BCUT2D eigenvalue weighted by molar-refractivity contribution is 0.0963. The van der Waals surface area contributed by atoms with Crippen molar-refractivity contribution in [1.29, 1.82) is 0 Å². The van der Waals surface area contributed by atoms with Gasteiger partial charge in [0.2, 0.25) is 0 Å². The fourth-order valence-electron chi connectivity index (χ4n) is 2.37. The number of rotatable bonds is 6. The van der Waals surface area contributed by atoms with Gasteiger partial charge in [0.25, 0.3) is 5.91 Å². The first-order valence-electron chi connectivity index (χ1n) is 7.20. The van der Waals surface area contributed by atoms with Crippen LogP contribution in [0.15, 0.2) is 35.7 Å². The summed E-state index contributed by atoms with van der Waals surface area (Å²) < 4.78 is 0. The molecule has 0 bridgehead atoms. The summed E-state index contributed by atoms with van der Waals surface area (Å²) in [5.74, 6) is -0.0348. The molecule has 0 spiro atoms. The van der Waals surface area contributed by atoms with Crippen molar-refractivity contribution in [3.63, 3.8) is 0 Å². The minimum Gasteiger partial charge on any atom is -0.355 e. The van der Waals surface area contributed by atoms with Gasteiger partial charge >= 0.3 is 0 Å².